The molecule has 1 amide bonds. The van der Waals surface area contributed by atoms with Gasteiger partial charge in [0.25, 0.3) is 5.91 Å². The normalized spacial score (nSPS) is 26.1. The van der Waals surface area contributed by atoms with Crippen molar-refractivity contribution in [3.63, 3.8) is 0 Å². The summed E-state index contributed by atoms with van der Waals surface area (Å²) in [5.74, 6) is 0.151. The topological polar surface area (TPSA) is 81.0 Å². The molecule has 1 aromatic heterocycles. The molecule has 1 aromatic carbocycles. The molecule has 3 aliphatic rings. The number of carbonyl (C=O) groups excluding carboxylic acids is 1. The quantitative estimate of drug-likeness (QED) is 0.653. The number of rotatable bonds is 7. The van der Waals surface area contributed by atoms with Gasteiger partial charge in [-0.25, -0.2) is 0 Å². The van der Waals surface area contributed by atoms with Crippen molar-refractivity contribution in [2.24, 2.45) is 10.7 Å². The third-order valence-electron chi connectivity index (χ3n) is 7.48. The highest BCUT2D eigenvalue weighted by Gasteiger charge is 2.37. The zero-order valence-corrected chi connectivity index (χ0v) is 20.4. The van der Waals surface area contributed by atoms with Gasteiger partial charge in [0.1, 0.15) is 0 Å². The van der Waals surface area contributed by atoms with Crippen LogP contribution in [0.4, 0.5) is 0 Å². The fourth-order valence-electron chi connectivity index (χ4n) is 5.62. The standard InChI is InChI=1S/C25H36N6OS/c1-2-9-30(20-4-6-22-23(17-20)33-25(26)28-22)13-10-29-11-14-31(15-12-29)24(32)19-3-5-21-18(16-19)7-8-27-21/h3,5,7-8,16,20,22-23,27H,2,4,6,9-15,17H2,1H3,(H2,26,28). The molecule has 0 radical (unpaired) electrons. The van der Waals surface area contributed by atoms with E-state index in [2.05, 4.69) is 26.7 Å². The number of piperazine rings is 1. The van der Waals surface area contributed by atoms with Crippen LogP contribution < -0.4 is 5.73 Å². The maximum absolute atomic E-state index is 13.0. The van der Waals surface area contributed by atoms with Gasteiger partial charge in [0.2, 0.25) is 0 Å². The lowest BCUT2D eigenvalue weighted by molar-refractivity contribution is 0.0603. The molecule has 3 heterocycles. The minimum atomic E-state index is 0.151. The van der Waals surface area contributed by atoms with E-state index >= 15 is 0 Å². The molecule has 0 bridgehead atoms. The predicted octanol–water partition coefficient (Wildman–Crippen LogP) is 2.99. The second kappa shape index (κ2) is 10.1. The largest absolute Gasteiger partial charge is 0.379 e. The third kappa shape index (κ3) is 5.08. The summed E-state index contributed by atoms with van der Waals surface area (Å²) in [6.45, 7) is 9.13. The summed E-state index contributed by atoms with van der Waals surface area (Å²) in [5.41, 5.74) is 7.84. The van der Waals surface area contributed by atoms with Gasteiger partial charge in [0.05, 0.1) is 6.04 Å². The first-order chi connectivity index (χ1) is 16.1. The van der Waals surface area contributed by atoms with E-state index in [1.807, 2.05) is 35.4 Å². The van der Waals surface area contributed by atoms with Gasteiger partial charge in [0.15, 0.2) is 5.17 Å². The molecule has 3 unspecified atom stereocenters. The first-order valence-electron chi connectivity index (χ1n) is 12.4. The Morgan fingerprint density at radius 2 is 2.06 bits per heavy atom. The summed E-state index contributed by atoms with van der Waals surface area (Å²) in [7, 11) is 0. The highest BCUT2D eigenvalue weighted by Crippen LogP contribution is 2.37. The molecule has 3 atom stereocenters. The Morgan fingerprint density at radius 3 is 2.88 bits per heavy atom. The minimum absolute atomic E-state index is 0.151. The Labute approximate surface area is 200 Å². The molecule has 2 aromatic rings. The highest BCUT2D eigenvalue weighted by molar-refractivity contribution is 8.14. The zero-order chi connectivity index (χ0) is 22.8. The van der Waals surface area contributed by atoms with E-state index in [1.54, 1.807) is 11.8 Å². The Kier molecular flexibility index (Phi) is 6.94. The number of carbonyl (C=O) groups is 1. The number of aromatic nitrogens is 1. The summed E-state index contributed by atoms with van der Waals surface area (Å²) in [6, 6.07) is 9.04. The molecule has 5 rings (SSSR count). The number of aliphatic imine (C=N–C) groups is 1. The van der Waals surface area contributed by atoms with Crippen LogP contribution in [0.25, 0.3) is 10.9 Å². The fraction of sp³-hybridized carbons (Fsp3) is 0.600. The summed E-state index contributed by atoms with van der Waals surface area (Å²) >= 11 is 1.79. The summed E-state index contributed by atoms with van der Waals surface area (Å²) in [5, 5.41) is 2.45. The number of hydrogen-bond donors (Lipinski definition) is 2. The Morgan fingerprint density at radius 1 is 1.21 bits per heavy atom. The number of nitrogens with zero attached hydrogens (tertiary/aromatic N) is 4. The van der Waals surface area contributed by atoms with Gasteiger partial charge < -0.3 is 15.6 Å². The van der Waals surface area contributed by atoms with E-state index in [0.29, 0.717) is 17.3 Å². The molecule has 7 nitrogen and oxygen atoms in total. The number of fused-ring (bicyclic) bond motifs is 2. The number of amides is 1. The molecule has 1 aliphatic carbocycles. The lowest BCUT2D eigenvalue weighted by Crippen LogP contribution is -2.51. The van der Waals surface area contributed by atoms with Crippen LogP contribution in [0.15, 0.2) is 35.5 Å². The molecule has 2 aliphatic heterocycles. The predicted molar refractivity (Wildman–Crippen MR) is 137 cm³/mol. The van der Waals surface area contributed by atoms with E-state index < -0.39 is 0 Å². The Hall–Kier alpha value is -2.03. The Balaban J connectivity index is 1.11. The van der Waals surface area contributed by atoms with E-state index in [0.717, 1.165) is 67.4 Å². The number of H-pyrrole nitrogens is 1. The van der Waals surface area contributed by atoms with E-state index in [-0.39, 0.29) is 5.91 Å². The van der Waals surface area contributed by atoms with Gasteiger partial charge in [-0.1, -0.05) is 18.7 Å². The molecule has 3 N–H and O–H groups in total. The molecule has 33 heavy (non-hydrogen) atoms. The first-order valence-corrected chi connectivity index (χ1v) is 13.3. The average molecular weight is 469 g/mol. The minimum Gasteiger partial charge on any atom is -0.379 e. The van der Waals surface area contributed by atoms with Crippen LogP contribution in [0.1, 0.15) is 43.0 Å². The van der Waals surface area contributed by atoms with Crippen molar-refractivity contribution in [1.82, 2.24) is 19.7 Å². The molecule has 8 heteroatoms. The first kappa shape index (κ1) is 22.7. The van der Waals surface area contributed by atoms with Crippen molar-refractivity contribution in [2.45, 2.75) is 49.9 Å². The van der Waals surface area contributed by atoms with Crippen LogP contribution in [0.5, 0.6) is 0 Å². The maximum Gasteiger partial charge on any atom is 0.253 e. The molecule has 0 spiro atoms. The van der Waals surface area contributed by atoms with Crippen molar-refractivity contribution in [3.05, 3.63) is 36.0 Å². The lowest BCUT2D eigenvalue weighted by atomic mass is 9.90. The van der Waals surface area contributed by atoms with Gasteiger partial charge >= 0.3 is 0 Å². The van der Waals surface area contributed by atoms with Crippen molar-refractivity contribution in [3.8, 4) is 0 Å². The number of benzene rings is 1. The van der Waals surface area contributed by atoms with Gasteiger partial charge in [-0.2, -0.15) is 0 Å². The fourth-order valence-corrected chi connectivity index (χ4v) is 6.80. The van der Waals surface area contributed by atoms with E-state index in [4.69, 9.17) is 5.73 Å². The van der Waals surface area contributed by atoms with E-state index in [1.165, 1.54) is 25.7 Å². The molecule has 2 fully saturated rings. The SMILES string of the molecule is CCCN(CCN1CCN(C(=O)c2ccc3[nH]ccc3c2)CC1)C1CCC2N=C(N)SC2C1. The van der Waals surface area contributed by atoms with Crippen LogP contribution in [-0.4, -0.2) is 93.9 Å². The van der Waals surface area contributed by atoms with Gasteiger partial charge in [-0.3, -0.25) is 19.6 Å². The van der Waals surface area contributed by atoms with Crippen molar-refractivity contribution >= 4 is 33.7 Å². The van der Waals surface area contributed by atoms with Crippen LogP contribution >= 0.6 is 11.8 Å². The number of hydrogen-bond acceptors (Lipinski definition) is 6. The maximum atomic E-state index is 13.0. The molecular formula is C25H36N6OS. The second-order valence-corrected chi connectivity index (χ2v) is 10.9. The third-order valence-corrected chi connectivity index (χ3v) is 8.64. The zero-order valence-electron chi connectivity index (χ0n) is 19.6. The number of thioether (sulfide) groups is 1. The monoisotopic (exact) mass is 468 g/mol. The van der Waals surface area contributed by atoms with Gasteiger partial charge in [0, 0.05) is 73.2 Å². The number of aromatic amines is 1. The van der Waals surface area contributed by atoms with Crippen molar-refractivity contribution in [1.29, 1.82) is 0 Å². The highest BCUT2D eigenvalue weighted by atomic mass is 32.2. The average Bonchev–Trinajstić information content (AvgIpc) is 3.46. The second-order valence-electron chi connectivity index (χ2n) is 9.61. The van der Waals surface area contributed by atoms with Crippen molar-refractivity contribution < 1.29 is 4.79 Å². The number of nitrogens with two attached hydrogens (primary N) is 1. The van der Waals surface area contributed by atoms with Crippen LogP contribution in [-0.2, 0) is 0 Å². The number of nitrogens with one attached hydrogen (secondary N) is 1. The van der Waals surface area contributed by atoms with E-state index in [9.17, 15) is 4.79 Å². The van der Waals surface area contributed by atoms with Crippen LogP contribution in [0, 0.1) is 0 Å². The van der Waals surface area contributed by atoms with Crippen LogP contribution in [0.2, 0.25) is 0 Å². The van der Waals surface area contributed by atoms with Gasteiger partial charge in [-0.05, 0) is 56.5 Å². The number of amidine groups is 1. The summed E-state index contributed by atoms with van der Waals surface area (Å²) in [6.07, 6.45) is 6.70. The molecule has 178 valence electrons. The molecule has 1 saturated heterocycles. The lowest BCUT2D eigenvalue weighted by Gasteiger charge is -2.40. The smallest absolute Gasteiger partial charge is 0.253 e. The van der Waals surface area contributed by atoms with Crippen LogP contribution in [0.3, 0.4) is 0 Å². The Bertz CT molecular complexity index is 998. The van der Waals surface area contributed by atoms with Gasteiger partial charge in [-0.15, -0.1) is 0 Å². The molecular weight excluding hydrogens is 432 g/mol. The molecule has 1 saturated carbocycles. The summed E-state index contributed by atoms with van der Waals surface area (Å²) < 4.78 is 0. The summed E-state index contributed by atoms with van der Waals surface area (Å²) in [4.78, 5) is 28.1. The van der Waals surface area contributed by atoms with Crippen molar-refractivity contribution in [2.75, 3.05) is 45.8 Å².